The standard InChI is InChI=1S/C24H20ClN5O6S2/c25-15-2-1-14-9-21(37-20(14)10-15)38(35,36)29-11-18-22(31)23(32)19(12-29)30(18)24(33)17-4-3-16(26-27-17)13-5-7-28(34)8-6-13/h1-10,18-19,22-23,31-32H,11-12H2. The van der Waals surface area contributed by atoms with Gasteiger partial charge in [-0.05, 0) is 35.7 Å². The molecule has 3 aromatic heterocycles. The van der Waals surface area contributed by atoms with Crippen LogP contribution < -0.4 is 4.73 Å². The van der Waals surface area contributed by atoms with Gasteiger partial charge in [0.15, 0.2) is 18.1 Å². The minimum Gasteiger partial charge on any atom is -0.619 e. The Morgan fingerprint density at radius 1 is 1.03 bits per heavy atom. The summed E-state index contributed by atoms with van der Waals surface area (Å²) in [7, 11) is -3.97. The Morgan fingerprint density at radius 3 is 2.34 bits per heavy atom. The second kappa shape index (κ2) is 9.22. The lowest BCUT2D eigenvalue weighted by atomic mass is 10.1. The molecule has 1 amide bonds. The summed E-state index contributed by atoms with van der Waals surface area (Å²) in [6.07, 6.45) is -0.0304. The van der Waals surface area contributed by atoms with Gasteiger partial charge in [-0.15, -0.1) is 21.5 Å². The van der Waals surface area contributed by atoms with E-state index in [-0.39, 0.29) is 23.0 Å². The van der Waals surface area contributed by atoms with Gasteiger partial charge < -0.3 is 20.3 Å². The first-order valence-electron chi connectivity index (χ1n) is 11.5. The van der Waals surface area contributed by atoms with Crippen molar-refractivity contribution in [1.29, 1.82) is 0 Å². The quantitative estimate of drug-likeness (QED) is 0.274. The Bertz CT molecular complexity index is 1630. The highest BCUT2D eigenvalue weighted by atomic mass is 35.5. The molecule has 38 heavy (non-hydrogen) atoms. The molecule has 2 bridgehead atoms. The van der Waals surface area contributed by atoms with E-state index in [9.17, 15) is 28.6 Å². The van der Waals surface area contributed by atoms with Crippen LogP contribution in [-0.2, 0) is 10.0 Å². The van der Waals surface area contributed by atoms with Crippen molar-refractivity contribution in [2.45, 2.75) is 28.5 Å². The molecule has 0 radical (unpaired) electrons. The largest absolute Gasteiger partial charge is 0.619 e. The van der Waals surface area contributed by atoms with Crippen molar-refractivity contribution in [1.82, 2.24) is 19.4 Å². The number of fused-ring (bicyclic) bond motifs is 3. The van der Waals surface area contributed by atoms with E-state index < -0.39 is 40.2 Å². The average molecular weight is 574 g/mol. The molecule has 5 heterocycles. The molecule has 2 saturated heterocycles. The Kier molecular flexibility index (Phi) is 6.09. The minimum atomic E-state index is -3.97. The predicted molar refractivity (Wildman–Crippen MR) is 138 cm³/mol. The monoisotopic (exact) mass is 573 g/mol. The summed E-state index contributed by atoms with van der Waals surface area (Å²) in [5, 5.41) is 42.0. The van der Waals surface area contributed by atoms with E-state index in [1.54, 1.807) is 42.5 Å². The molecule has 6 rings (SSSR count). The Morgan fingerprint density at radius 2 is 1.71 bits per heavy atom. The Hall–Kier alpha value is -3.20. The molecule has 2 aliphatic rings. The zero-order valence-corrected chi connectivity index (χ0v) is 21.8. The number of aromatic nitrogens is 3. The van der Waals surface area contributed by atoms with Crippen LogP contribution in [0.4, 0.5) is 0 Å². The summed E-state index contributed by atoms with van der Waals surface area (Å²) in [6.45, 7) is -0.384. The minimum absolute atomic E-state index is 0.0161. The number of pyridine rings is 1. The van der Waals surface area contributed by atoms with Gasteiger partial charge in [0.1, 0.15) is 16.4 Å². The molecule has 2 fully saturated rings. The number of sulfonamides is 1. The SMILES string of the molecule is O=C(c1ccc(-c2cc[n+]([O-])cc2)nn1)N1C2CN(S(=O)(=O)c3cc4ccc(Cl)cc4s3)CC1C(O)C2O. The van der Waals surface area contributed by atoms with E-state index in [0.29, 0.717) is 21.0 Å². The Balaban J connectivity index is 1.26. The number of amides is 1. The van der Waals surface area contributed by atoms with Crippen LogP contribution in [0, 0.1) is 5.21 Å². The van der Waals surface area contributed by atoms with Crippen molar-refractivity contribution in [3.63, 3.8) is 0 Å². The van der Waals surface area contributed by atoms with E-state index in [2.05, 4.69) is 10.2 Å². The number of hydrogen-bond acceptors (Lipinski definition) is 9. The maximum atomic E-state index is 13.5. The first-order valence-corrected chi connectivity index (χ1v) is 14.2. The summed E-state index contributed by atoms with van der Waals surface area (Å²) >= 11 is 7.13. The van der Waals surface area contributed by atoms with Crippen LogP contribution >= 0.6 is 22.9 Å². The van der Waals surface area contributed by atoms with Gasteiger partial charge in [0, 0.05) is 40.5 Å². The topological polar surface area (TPSA) is 151 Å². The molecule has 2 aliphatic heterocycles. The van der Waals surface area contributed by atoms with Gasteiger partial charge in [0.05, 0.1) is 17.8 Å². The van der Waals surface area contributed by atoms with Gasteiger partial charge in [0.25, 0.3) is 15.9 Å². The fraction of sp³-hybridized carbons (Fsp3) is 0.250. The number of carbonyl (C=O) groups is 1. The van der Waals surface area contributed by atoms with Crippen LogP contribution in [0.25, 0.3) is 21.3 Å². The molecule has 1 aromatic carbocycles. The zero-order chi connectivity index (χ0) is 26.8. The fourth-order valence-corrected chi connectivity index (χ4v) is 8.27. The predicted octanol–water partition coefficient (Wildman–Crippen LogP) is 1.26. The van der Waals surface area contributed by atoms with Crippen molar-refractivity contribution in [2.75, 3.05) is 13.1 Å². The summed E-state index contributed by atoms with van der Waals surface area (Å²) < 4.78 is 29.7. The highest BCUT2D eigenvalue weighted by molar-refractivity contribution is 7.91. The van der Waals surface area contributed by atoms with E-state index in [0.717, 1.165) is 21.4 Å². The van der Waals surface area contributed by atoms with Crippen molar-refractivity contribution in [3.05, 3.63) is 76.8 Å². The second-order valence-corrected chi connectivity index (χ2v) is 12.8. The third-order valence-electron chi connectivity index (χ3n) is 6.90. The lowest BCUT2D eigenvalue weighted by Crippen LogP contribution is -2.59. The summed E-state index contributed by atoms with van der Waals surface area (Å²) in [5.74, 6) is -0.575. The van der Waals surface area contributed by atoms with Crippen molar-refractivity contribution < 1.29 is 28.2 Å². The van der Waals surface area contributed by atoms with E-state index in [4.69, 9.17) is 11.6 Å². The van der Waals surface area contributed by atoms with Crippen LogP contribution in [0.1, 0.15) is 10.5 Å². The second-order valence-electron chi connectivity index (χ2n) is 9.15. The highest BCUT2D eigenvalue weighted by Crippen LogP contribution is 2.38. The molecule has 0 spiro atoms. The number of benzene rings is 1. The molecule has 11 nitrogen and oxygen atoms in total. The zero-order valence-electron chi connectivity index (χ0n) is 19.5. The summed E-state index contributed by atoms with van der Waals surface area (Å²) in [6, 6.07) is 10.9. The first-order chi connectivity index (χ1) is 18.1. The number of aliphatic hydroxyl groups is 2. The van der Waals surface area contributed by atoms with Gasteiger partial charge in [0.2, 0.25) is 0 Å². The lowest BCUT2D eigenvalue weighted by molar-refractivity contribution is -0.605. The highest BCUT2D eigenvalue weighted by Gasteiger charge is 2.56. The lowest BCUT2D eigenvalue weighted by Gasteiger charge is -2.39. The summed E-state index contributed by atoms with van der Waals surface area (Å²) in [4.78, 5) is 14.7. The number of piperazine rings is 1. The van der Waals surface area contributed by atoms with Gasteiger partial charge in [-0.2, -0.15) is 9.04 Å². The van der Waals surface area contributed by atoms with Crippen LogP contribution in [-0.4, -0.2) is 81.3 Å². The molecule has 2 N–H and O–H groups in total. The number of rotatable bonds is 4. The molecule has 4 atom stereocenters. The molecule has 0 aliphatic carbocycles. The van der Waals surface area contributed by atoms with Crippen LogP contribution in [0.5, 0.6) is 0 Å². The summed E-state index contributed by atoms with van der Waals surface area (Å²) in [5.41, 5.74) is 1.07. The molecule has 14 heteroatoms. The third-order valence-corrected chi connectivity index (χ3v) is 10.5. The van der Waals surface area contributed by atoms with E-state index in [1.807, 2.05) is 0 Å². The molecule has 4 aromatic rings. The number of thiophene rings is 1. The molecule has 196 valence electrons. The number of aliphatic hydroxyl groups excluding tert-OH is 2. The van der Waals surface area contributed by atoms with E-state index in [1.165, 1.54) is 27.7 Å². The molecular weight excluding hydrogens is 554 g/mol. The fourth-order valence-electron chi connectivity index (χ4n) is 4.96. The molecular formula is C24H20ClN5O6S2. The maximum Gasteiger partial charge on any atom is 0.275 e. The van der Waals surface area contributed by atoms with Crippen molar-refractivity contribution >= 4 is 49.0 Å². The first kappa shape index (κ1) is 25.1. The maximum absolute atomic E-state index is 13.5. The number of nitrogens with zero attached hydrogens (tertiary/aromatic N) is 5. The number of carbonyl (C=O) groups excluding carboxylic acids is 1. The van der Waals surface area contributed by atoms with Gasteiger partial charge in [-0.1, -0.05) is 17.7 Å². The van der Waals surface area contributed by atoms with Crippen LogP contribution in [0.2, 0.25) is 5.02 Å². The van der Waals surface area contributed by atoms with Crippen LogP contribution in [0.15, 0.2) is 65.1 Å². The average Bonchev–Trinajstić information content (AvgIpc) is 3.41. The van der Waals surface area contributed by atoms with Crippen molar-refractivity contribution in [2.24, 2.45) is 0 Å². The molecule has 4 unspecified atom stereocenters. The smallest absolute Gasteiger partial charge is 0.275 e. The van der Waals surface area contributed by atoms with Crippen molar-refractivity contribution in [3.8, 4) is 11.3 Å². The Labute approximate surface area is 225 Å². The van der Waals surface area contributed by atoms with E-state index >= 15 is 0 Å². The van der Waals surface area contributed by atoms with Crippen LogP contribution in [0.3, 0.4) is 0 Å². The normalized spacial score (nSPS) is 23.7. The van der Waals surface area contributed by atoms with Gasteiger partial charge >= 0.3 is 0 Å². The third kappa shape index (κ3) is 4.11. The molecule has 0 saturated carbocycles. The number of halogens is 1. The van der Waals surface area contributed by atoms with Gasteiger partial charge in [-0.3, -0.25) is 4.79 Å². The number of hydrogen-bond donors (Lipinski definition) is 2. The van der Waals surface area contributed by atoms with Gasteiger partial charge in [-0.25, -0.2) is 8.42 Å².